The van der Waals surface area contributed by atoms with Crippen LogP contribution in [0.15, 0.2) is 59.5 Å². The molecule has 3 rings (SSSR count). The first kappa shape index (κ1) is 18.4. The Morgan fingerprint density at radius 2 is 1.92 bits per heavy atom. The number of hydrogen-bond acceptors (Lipinski definition) is 5. The van der Waals surface area contributed by atoms with Crippen molar-refractivity contribution in [2.45, 2.75) is 23.0 Å². The van der Waals surface area contributed by atoms with Crippen molar-refractivity contribution in [3.05, 3.63) is 65.2 Å². The van der Waals surface area contributed by atoms with Crippen molar-refractivity contribution in [3.63, 3.8) is 0 Å². The van der Waals surface area contributed by atoms with Crippen LogP contribution in [-0.2, 0) is 19.4 Å². The molecular weight excluding hydrogens is 374 g/mol. The molecule has 1 fully saturated rings. The summed E-state index contributed by atoms with van der Waals surface area (Å²) in [5.74, 6) is -1.66. The van der Waals surface area contributed by atoms with E-state index in [9.17, 15) is 18.5 Å². The van der Waals surface area contributed by atoms with Crippen LogP contribution in [0, 0.1) is 16.7 Å². The standard InChI is InChI=1S/C19H16ClNO4S/c1-2-25-18(22)19(12-21)16(13-7-6-8-14(20)11-13)17(19)26(23,24)15-9-4-3-5-10-15/h3-11,16-17H,2H2,1H3/t16-,17+,19+/m1/s1. The van der Waals surface area contributed by atoms with Gasteiger partial charge in [-0.2, -0.15) is 5.26 Å². The minimum absolute atomic E-state index is 0.0582. The van der Waals surface area contributed by atoms with Gasteiger partial charge in [-0.15, -0.1) is 0 Å². The Kier molecular flexibility index (Phi) is 4.78. The van der Waals surface area contributed by atoms with E-state index in [-0.39, 0.29) is 11.5 Å². The Bertz CT molecular complexity index is 984. The van der Waals surface area contributed by atoms with E-state index in [4.69, 9.17) is 16.3 Å². The molecule has 26 heavy (non-hydrogen) atoms. The van der Waals surface area contributed by atoms with Crippen LogP contribution in [0.2, 0.25) is 5.02 Å². The molecule has 7 heteroatoms. The molecule has 0 heterocycles. The first-order valence-electron chi connectivity index (χ1n) is 8.02. The maximum Gasteiger partial charge on any atom is 0.328 e. The molecule has 0 bridgehead atoms. The molecule has 0 saturated heterocycles. The predicted octanol–water partition coefficient (Wildman–Crippen LogP) is 3.35. The molecule has 3 atom stereocenters. The fourth-order valence-corrected chi connectivity index (χ4v) is 5.81. The summed E-state index contributed by atoms with van der Waals surface area (Å²) in [5, 5.41) is 8.97. The number of carbonyl (C=O) groups is 1. The lowest BCUT2D eigenvalue weighted by Crippen LogP contribution is -2.25. The molecule has 5 nitrogen and oxygen atoms in total. The van der Waals surface area contributed by atoms with Crippen LogP contribution >= 0.6 is 11.6 Å². The van der Waals surface area contributed by atoms with Crippen molar-refractivity contribution in [3.8, 4) is 6.07 Å². The summed E-state index contributed by atoms with van der Waals surface area (Å²) >= 11 is 6.02. The van der Waals surface area contributed by atoms with Gasteiger partial charge in [-0.1, -0.05) is 41.9 Å². The molecule has 0 radical (unpaired) electrons. The average Bonchev–Trinajstić information content (AvgIpc) is 3.34. The number of hydrogen-bond donors (Lipinski definition) is 0. The summed E-state index contributed by atoms with van der Waals surface area (Å²) in [6.07, 6.45) is 0. The van der Waals surface area contributed by atoms with Crippen LogP contribution in [0.3, 0.4) is 0 Å². The van der Waals surface area contributed by atoms with Crippen LogP contribution in [-0.4, -0.2) is 26.2 Å². The van der Waals surface area contributed by atoms with Crippen molar-refractivity contribution in [2.75, 3.05) is 6.61 Å². The van der Waals surface area contributed by atoms with Crippen molar-refractivity contribution in [1.82, 2.24) is 0 Å². The summed E-state index contributed by atoms with van der Waals surface area (Å²) in [4.78, 5) is 12.6. The molecule has 2 aromatic carbocycles. The van der Waals surface area contributed by atoms with Crippen LogP contribution < -0.4 is 0 Å². The molecule has 2 aromatic rings. The normalized spacial score (nSPS) is 24.5. The van der Waals surface area contributed by atoms with Crippen molar-refractivity contribution in [2.24, 2.45) is 5.41 Å². The zero-order valence-electron chi connectivity index (χ0n) is 13.9. The lowest BCUT2D eigenvalue weighted by Gasteiger charge is -2.09. The number of esters is 1. The molecule has 0 aliphatic heterocycles. The van der Waals surface area contributed by atoms with Crippen molar-refractivity contribution >= 4 is 27.4 Å². The molecular formula is C19H16ClNO4S. The largest absolute Gasteiger partial charge is 0.465 e. The average molecular weight is 390 g/mol. The highest BCUT2D eigenvalue weighted by atomic mass is 35.5. The van der Waals surface area contributed by atoms with Gasteiger partial charge in [-0.25, -0.2) is 8.42 Å². The van der Waals surface area contributed by atoms with E-state index in [0.717, 1.165) is 0 Å². The number of nitrogens with zero attached hydrogens (tertiary/aromatic N) is 1. The van der Waals surface area contributed by atoms with Gasteiger partial charge in [0.25, 0.3) is 0 Å². The summed E-state index contributed by atoms with van der Waals surface area (Å²) in [7, 11) is -3.93. The van der Waals surface area contributed by atoms with Crippen LogP contribution in [0.4, 0.5) is 0 Å². The Morgan fingerprint density at radius 3 is 2.50 bits per heavy atom. The maximum absolute atomic E-state index is 13.2. The van der Waals surface area contributed by atoms with E-state index in [2.05, 4.69) is 0 Å². The summed E-state index contributed by atoms with van der Waals surface area (Å²) in [6.45, 7) is 1.67. The summed E-state index contributed by atoms with van der Waals surface area (Å²) < 4.78 is 31.4. The lowest BCUT2D eigenvalue weighted by atomic mass is 10.0. The van der Waals surface area contributed by atoms with E-state index in [1.807, 2.05) is 6.07 Å². The van der Waals surface area contributed by atoms with Gasteiger partial charge in [-0.3, -0.25) is 4.79 Å². The first-order valence-corrected chi connectivity index (χ1v) is 9.95. The third-order valence-electron chi connectivity index (χ3n) is 4.55. The SMILES string of the molecule is CCOC(=O)[C@@]1(C#N)[C@H](c2cccc(Cl)c2)[C@@H]1S(=O)(=O)c1ccccc1. The van der Waals surface area contributed by atoms with E-state index in [1.165, 1.54) is 12.1 Å². The number of nitriles is 1. The second-order valence-electron chi connectivity index (χ2n) is 6.01. The number of rotatable bonds is 5. The second kappa shape index (κ2) is 6.75. The van der Waals surface area contributed by atoms with Gasteiger partial charge >= 0.3 is 5.97 Å². The molecule has 0 spiro atoms. The highest BCUT2D eigenvalue weighted by Crippen LogP contribution is 2.64. The minimum atomic E-state index is -3.93. The zero-order valence-corrected chi connectivity index (χ0v) is 15.5. The molecule has 0 amide bonds. The zero-order chi connectivity index (χ0) is 18.9. The van der Waals surface area contributed by atoms with Crippen LogP contribution in [0.25, 0.3) is 0 Å². The predicted molar refractivity (Wildman–Crippen MR) is 96.3 cm³/mol. The molecule has 1 saturated carbocycles. The molecule has 0 unspecified atom stereocenters. The molecule has 0 N–H and O–H groups in total. The Morgan fingerprint density at radius 1 is 1.23 bits per heavy atom. The van der Waals surface area contributed by atoms with Gasteiger partial charge in [0.05, 0.1) is 17.6 Å². The monoisotopic (exact) mass is 389 g/mol. The van der Waals surface area contributed by atoms with Gasteiger partial charge < -0.3 is 4.74 Å². The van der Waals surface area contributed by atoms with Gasteiger partial charge in [0, 0.05) is 10.9 Å². The summed E-state index contributed by atoms with van der Waals surface area (Å²) in [5.41, 5.74) is -1.26. The van der Waals surface area contributed by atoms with E-state index in [1.54, 1.807) is 49.4 Å². The van der Waals surface area contributed by atoms with E-state index >= 15 is 0 Å². The molecule has 1 aliphatic rings. The van der Waals surface area contributed by atoms with Gasteiger partial charge in [0.2, 0.25) is 0 Å². The summed E-state index contributed by atoms with van der Waals surface area (Å²) in [6, 6.07) is 16.3. The Balaban J connectivity index is 2.15. The lowest BCUT2D eigenvalue weighted by molar-refractivity contribution is -0.147. The molecule has 1 aliphatic carbocycles. The smallest absolute Gasteiger partial charge is 0.328 e. The second-order valence-corrected chi connectivity index (χ2v) is 8.52. The Hall–Kier alpha value is -2.36. The number of ether oxygens (including phenoxy) is 1. The molecule has 0 aromatic heterocycles. The maximum atomic E-state index is 13.2. The number of sulfone groups is 1. The highest BCUT2D eigenvalue weighted by molar-refractivity contribution is 7.92. The number of carbonyl (C=O) groups excluding carboxylic acids is 1. The third-order valence-corrected chi connectivity index (χ3v) is 7.02. The molecule has 134 valence electrons. The fraction of sp³-hybridized carbons (Fsp3) is 0.263. The minimum Gasteiger partial charge on any atom is -0.465 e. The first-order chi connectivity index (χ1) is 12.4. The van der Waals surface area contributed by atoms with Crippen LogP contribution in [0.5, 0.6) is 0 Å². The highest BCUT2D eigenvalue weighted by Gasteiger charge is 2.77. The third kappa shape index (κ3) is 2.77. The van der Waals surface area contributed by atoms with Crippen molar-refractivity contribution < 1.29 is 17.9 Å². The Labute approximate surface area is 157 Å². The van der Waals surface area contributed by atoms with E-state index in [0.29, 0.717) is 10.6 Å². The number of benzene rings is 2. The van der Waals surface area contributed by atoms with Gasteiger partial charge in [0.15, 0.2) is 15.3 Å². The van der Waals surface area contributed by atoms with E-state index < -0.39 is 32.4 Å². The topological polar surface area (TPSA) is 84.2 Å². The van der Waals surface area contributed by atoms with Crippen LogP contribution in [0.1, 0.15) is 18.4 Å². The van der Waals surface area contributed by atoms with Gasteiger partial charge in [-0.05, 0) is 36.8 Å². The fourth-order valence-electron chi connectivity index (χ4n) is 3.35. The number of halogens is 1. The quantitative estimate of drug-likeness (QED) is 0.732. The van der Waals surface area contributed by atoms with Crippen molar-refractivity contribution in [1.29, 1.82) is 5.26 Å². The van der Waals surface area contributed by atoms with Gasteiger partial charge in [0.1, 0.15) is 5.25 Å².